The summed E-state index contributed by atoms with van der Waals surface area (Å²) in [7, 11) is 0. The van der Waals surface area contributed by atoms with Gasteiger partial charge in [-0.25, -0.2) is 5.10 Å². The van der Waals surface area contributed by atoms with Crippen LogP contribution in [-0.4, -0.2) is 19.7 Å². The smallest absolute Gasteiger partial charge is 0.460 e. The van der Waals surface area contributed by atoms with Crippen LogP contribution in [0, 0.1) is 12.1 Å². The number of hydrogen-bond acceptors (Lipinski definition) is 4. The monoisotopic (exact) mass is 915 g/mol. The molecule has 0 saturated heterocycles. The zero-order valence-corrected chi connectivity index (χ0v) is 33.9. The van der Waals surface area contributed by atoms with Crippen LogP contribution < -0.4 is 4.74 Å². The average molecular weight is 916 g/mol. The Labute approximate surface area is 345 Å². The Morgan fingerprint density at radius 3 is 2.21 bits per heavy atom. The van der Waals surface area contributed by atoms with Gasteiger partial charge in [0, 0.05) is 22.6 Å². The molecule has 7 aromatic carbocycles. The molecule has 0 amide bonds. The van der Waals surface area contributed by atoms with E-state index >= 15 is 0 Å². The van der Waals surface area contributed by atoms with Crippen molar-refractivity contribution in [2.75, 3.05) is 0 Å². The van der Waals surface area contributed by atoms with Crippen molar-refractivity contribution in [2.24, 2.45) is 0 Å². The third kappa shape index (κ3) is 6.58. The van der Waals surface area contributed by atoms with Gasteiger partial charge in [0.15, 0.2) is 0 Å². The summed E-state index contributed by atoms with van der Waals surface area (Å²) in [6.07, 6.45) is 1.78. The van der Waals surface area contributed by atoms with Crippen LogP contribution in [0.1, 0.15) is 26.3 Å². The van der Waals surface area contributed by atoms with Crippen molar-refractivity contribution in [1.82, 2.24) is 19.7 Å². The largest absolute Gasteiger partial charge is 2.00 e. The van der Waals surface area contributed by atoms with E-state index in [0.717, 1.165) is 66.5 Å². The topological polar surface area (TPSA) is 52.8 Å². The second-order valence-corrected chi connectivity index (χ2v) is 15.2. The molecule has 10 aromatic rings. The minimum Gasteiger partial charge on any atom is -0.460 e. The molecule has 0 atom stereocenters. The maximum atomic E-state index is 6.63. The maximum Gasteiger partial charge on any atom is 2.00 e. The normalized spacial score (nSPS) is 11.6. The van der Waals surface area contributed by atoms with Gasteiger partial charge < -0.3 is 9.30 Å². The molecule has 3 heterocycles. The van der Waals surface area contributed by atoms with Crippen molar-refractivity contribution in [3.8, 4) is 51.0 Å². The molecule has 0 aliphatic carbocycles. The SMILES string of the molecule is CC(C)(C)c1ccc(-n2c3ccc4ccccc4c3c3cc[c-]c(-c4cccc(Oc5[c-]c(-c6nncc7ccccc67)cc(-c6ccccc6)c5)n4)c32)cc1.[Pt+2]. The fourth-order valence-corrected chi connectivity index (χ4v) is 7.82. The Balaban J connectivity index is 0.00000422. The first-order valence-corrected chi connectivity index (χ1v) is 18.9. The van der Waals surface area contributed by atoms with E-state index in [1.54, 1.807) is 6.20 Å². The van der Waals surface area contributed by atoms with Gasteiger partial charge in [0.25, 0.3) is 0 Å². The fourth-order valence-electron chi connectivity index (χ4n) is 7.82. The molecular weight excluding hydrogens is 880 g/mol. The standard InChI is InChI=1S/C51H36N4O.Pt/c1-51(2,3)38-24-26-39(27-25-38)55-46-28-23-34-15-7-9-17-41(34)48(46)44-20-11-19-43(50(44)55)45-21-12-22-47(53-45)56-40-30-36(33-13-5-4-6-14-33)29-37(31-40)49-42-18-10-8-16-35(42)32-52-54-49;/h4-18,20-30,32H,1-3H3;/q-2;+2. The van der Waals surface area contributed by atoms with E-state index in [9.17, 15) is 0 Å². The predicted molar refractivity (Wildman–Crippen MR) is 228 cm³/mol. The Morgan fingerprint density at radius 2 is 1.40 bits per heavy atom. The van der Waals surface area contributed by atoms with E-state index < -0.39 is 0 Å². The Kier molecular flexibility index (Phi) is 9.27. The first-order chi connectivity index (χ1) is 27.4. The van der Waals surface area contributed by atoms with Crippen LogP contribution in [0.15, 0.2) is 164 Å². The molecule has 57 heavy (non-hydrogen) atoms. The van der Waals surface area contributed by atoms with Crippen LogP contribution in [0.4, 0.5) is 0 Å². The zero-order chi connectivity index (χ0) is 37.8. The van der Waals surface area contributed by atoms with Gasteiger partial charge in [-0.1, -0.05) is 153 Å². The summed E-state index contributed by atoms with van der Waals surface area (Å²) in [6.45, 7) is 6.74. The quantitative estimate of drug-likeness (QED) is 0.156. The second-order valence-electron chi connectivity index (χ2n) is 15.2. The number of nitrogens with zero attached hydrogens (tertiary/aromatic N) is 4. The van der Waals surface area contributed by atoms with Gasteiger partial charge >= 0.3 is 21.1 Å². The molecule has 0 bridgehead atoms. The van der Waals surface area contributed by atoms with Gasteiger partial charge in [0.2, 0.25) is 5.88 Å². The van der Waals surface area contributed by atoms with E-state index in [2.05, 4.69) is 139 Å². The number of benzene rings is 7. The molecule has 3 aromatic heterocycles. The molecule has 0 N–H and O–H groups in total. The van der Waals surface area contributed by atoms with Crippen molar-refractivity contribution >= 4 is 43.4 Å². The van der Waals surface area contributed by atoms with Gasteiger partial charge in [-0.2, -0.15) is 5.10 Å². The Morgan fingerprint density at radius 1 is 0.649 bits per heavy atom. The minimum atomic E-state index is 0. The predicted octanol–water partition coefficient (Wildman–Crippen LogP) is 13.0. The molecule has 276 valence electrons. The molecule has 0 aliphatic rings. The third-order valence-corrected chi connectivity index (χ3v) is 10.6. The number of hydrogen-bond donors (Lipinski definition) is 0. The van der Waals surface area contributed by atoms with Crippen LogP contribution >= 0.6 is 0 Å². The Bertz CT molecular complexity index is 3090. The number of fused-ring (bicyclic) bond motifs is 6. The van der Waals surface area contributed by atoms with Crippen LogP contribution in [0.3, 0.4) is 0 Å². The number of aromatic nitrogens is 4. The molecular formula is C51H36N4OPt. The zero-order valence-electron chi connectivity index (χ0n) is 31.6. The summed E-state index contributed by atoms with van der Waals surface area (Å²) in [5.41, 5.74) is 9.79. The van der Waals surface area contributed by atoms with Crippen molar-refractivity contribution in [3.05, 3.63) is 182 Å². The second kappa shape index (κ2) is 14.6. The van der Waals surface area contributed by atoms with Crippen LogP contribution in [0.25, 0.3) is 82.7 Å². The molecule has 0 radical (unpaired) electrons. The van der Waals surface area contributed by atoms with Crippen LogP contribution in [0.2, 0.25) is 0 Å². The van der Waals surface area contributed by atoms with Gasteiger partial charge in [-0.3, -0.25) is 4.98 Å². The molecule has 6 heteroatoms. The van der Waals surface area contributed by atoms with E-state index in [4.69, 9.17) is 9.72 Å². The van der Waals surface area contributed by atoms with Crippen molar-refractivity contribution < 1.29 is 25.8 Å². The molecule has 0 saturated carbocycles. The summed E-state index contributed by atoms with van der Waals surface area (Å²) in [5, 5.41) is 15.7. The first kappa shape index (κ1) is 36.2. The van der Waals surface area contributed by atoms with E-state index in [-0.39, 0.29) is 26.5 Å². The van der Waals surface area contributed by atoms with E-state index in [0.29, 0.717) is 11.6 Å². The molecule has 0 fully saturated rings. The molecule has 0 unspecified atom stereocenters. The molecule has 0 aliphatic heterocycles. The van der Waals surface area contributed by atoms with Crippen molar-refractivity contribution in [1.29, 1.82) is 0 Å². The van der Waals surface area contributed by atoms with Gasteiger partial charge in [0.05, 0.1) is 6.20 Å². The average Bonchev–Trinajstić information content (AvgIpc) is 3.59. The minimum absolute atomic E-state index is 0. The first-order valence-electron chi connectivity index (χ1n) is 18.9. The fraction of sp³-hybridized carbons (Fsp3) is 0.0784. The Hall–Kier alpha value is -6.42. The maximum absolute atomic E-state index is 6.63. The molecule has 0 spiro atoms. The number of pyridine rings is 1. The summed E-state index contributed by atoms with van der Waals surface area (Å²) < 4.78 is 8.99. The van der Waals surface area contributed by atoms with E-state index in [1.165, 1.54) is 21.7 Å². The summed E-state index contributed by atoms with van der Waals surface area (Å²) in [4.78, 5) is 5.14. The summed E-state index contributed by atoms with van der Waals surface area (Å²) >= 11 is 0. The number of rotatable bonds is 6. The molecule has 10 rings (SSSR count). The van der Waals surface area contributed by atoms with Crippen LogP contribution in [-0.2, 0) is 26.5 Å². The van der Waals surface area contributed by atoms with Crippen LogP contribution in [0.5, 0.6) is 11.6 Å². The van der Waals surface area contributed by atoms with Gasteiger partial charge in [-0.05, 0) is 78.9 Å². The van der Waals surface area contributed by atoms with Gasteiger partial charge in [0.1, 0.15) is 0 Å². The van der Waals surface area contributed by atoms with E-state index in [1.807, 2.05) is 66.7 Å². The van der Waals surface area contributed by atoms with Crippen molar-refractivity contribution in [2.45, 2.75) is 26.2 Å². The summed E-state index contributed by atoms with van der Waals surface area (Å²) in [5.74, 6) is 0.981. The summed E-state index contributed by atoms with van der Waals surface area (Å²) in [6, 6.07) is 61.7. The third-order valence-electron chi connectivity index (χ3n) is 10.6. The number of ether oxygens (including phenoxy) is 1. The van der Waals surface area contributed by atoms with Crippen molar-refractivity contribution in [3.63, 3.8) is 0 Å². The molecule has 5 nitrogen and oxygen atoms in total. The van der Waals surface area contributed by atoms with Gasteiger partial charge in [-0.15, -0.1) is 35.4 Å².